The summed E-state index contributed by atoms with van der Waals surface area (Å²) in [5.41, 5.74) is 7.08. The highest BCUT2D eigenvalue weighted by molar-refractivity contribution is 6.16. The number of fused-ring (bicyclic) bond motifs is 7. The van der Waals surface area contributed by atoms with Crippen molar-refractivity contribution >= 4 is 49.9 Å². The van der Waals surface area contributed by atoms with E-state index in [4.69, 9.17) is 4.74 Å². The van der Waals surface area contributed by atoms with Gasteiger partial charge in [-0.15, -0.1) is 0 Å². The van der Waals surface area contributed by atoms with Crippen LogP contribution in [-0.2, 0) is 4.74 Å². The normalized spacial score (nSPS) is 14.4. The summed E-state index contributed by atoms with van der Waals surface area (Å²) >= 11 is 0. The van der Waals surface area contributed by atoms with Gasteiger partial charge in [0, 0.05) is 28.3 Å². The van der Waals surface area contributed by atoms with Gasteiger partial charge in [0.15, 0.2) is 5.78 Å². The molecule has 4 nitrogen and oxygen atoms in total. The lowest BCUT2D eigenvalue weighted by Gasteiger charge is -2.24. The summed E-state index contributed by atoms with van der Waals surface area (Å²) in [6.45, 7) is 0. The highest BCUT2D eigenvalue weighted by Gasteiger charge is 2.26. The van der Waals surface area contributed by atoms with E-state index in [1.165, 1.54) is 18.3 Å². The second kappa shape index (κ2) is 8.97. The van der Waals surface area contributed by atoms with Crippen molar-refractivity contribution in [2.75, 3.05) is 7.11 Å². The Morgan fingerprint density at radius 1 is 0.861 bits per heavy atom. The number of carbonyl (C=O) groups is 2. The highest BCUT2D eigenvalue weighted by atomic mass is 16.5. The third-order valence-electron chi connectivity index (χ3n) is 7.10. The van der Waals surface area contributed by atoms with E-state index in [2.05, 4.69) is 41.4 Å². The van der Waals surface area contributed by atoms with Crippen molar-refractivity contribution in [1.82, 2.24) is 4.98 Å². The smallest absolute Gasteiger partial charge is 0.339 e. The Hall–Kier alpha value is -4.44. The molecule has 2 aliphatic rings. The molecule has 0 radical (unpaired) electrons. The van der Waals surface area contributed by atoms with Gasteiger partial charge < -0.3 is 9.72 Å². The highest BCUT2D eigenvalue weighted by Crippen LogP contribution is 2.39. The van der Waals surface area contributed by atoms with Crippen molar-refractivity contribution in [3.05, 3.63) is 113 Å². The SMILES string of the molecule is COC(=O)c1cccc2c1[nH]c1ccccc12.O=C1CC2=C(C=CCC2)c2ccc3ccccc3c21. The van der Waals surface area contributed by atoms with Crippen molar-refractivity contribution < 1.29 is 14.3 Å². The second-order valence-corrected chi connectivity index (χ2v) is 9.16. The van der Waals surface area contributed by atoms with E-state index in [0.29, 0.717) is 12.0 Å². The quantitative estimate of drug-likeness (QED) is 0.256. The van der Waals surface area contributed by atoms with Crippen molar-refractivity contribution in [2.45, 2.75) is 19.3 Å². The van der Waals surface area contributed by atoms with Crippen LogP contribution in [0.15, 0.2) is 96.6 Å². The minimum atomic E-state index is -0.317. The maximum Gasteiger partial charge on any atom is 0.339 e. The average Bonchev–Trinajstić information content (AvgIpc) is 3.31. The summed E-state index contributed by atoms with van der Waals surface area (Å²) in [5, 5.41) is 4.41. The number of methoxy groups -OCH3 is 1. The third-order valence-corrected chi connectivity index (χ3v) is 7.10. The Kier molecular flexibility index (Phi) is 5.49. The number of ketones is 1. The molecule has 4 aromatic carbocycles. The molecular formula is C32H25NO3. The number of hydrogen-bond acceptors (Lipinski definition) is 3. The first-order valence-electron chi connectivity index (χ1n) is 12.2. The molecule has 5 aromatic rings. The topological polar surface area (TPSA) is 59.2 Å². The summed E-state index contributed by atoms with van der Waals surface area (Å²) in [4.78, 5) is 27.4. The zero-order valence-electron chi connectivity index (χ0n) is 20.0. The number of para-hydroxylation sites is 2. The molecule has 0 aliphatic heterocycles. The molecule has 1 heterocycles. The van der Waals surface area contributed by atoms with Crippen molar-refractivity contribution in [2.24, 2.45) is 0 Å². The van der Waals surface area contributed by atoms with Gasteiger partial charge >= 0.3 is 5.97 Å². The molecule has 2 aliphatic carbocycles. The van der Waals surface area contributed by atoms with E-state index in [-0.39, 0.29) is 11.8 Å². The first kappa shape index (κ1) is 22.1. The second-order valence-electron chi connectivity index (χ2n) is 9.16. The van der Waals surface area contributed by atoms with Gasteiger partial charge in [0.1, 0.15) is 0 Å². The van der Waals surface area contributed by atoms with Gasteiger partial charge in [0.25, 0.3) is 0 Å². The van der Waals surface area contributed by atoms with Crippen LogP contribution in [0.5, 0.6) is 0 Å². The fourth-order valence-corrected chi connectivity index (χ4v) is 5.41. The fourth-order valence-electron chi connectivity index (χ4n) is 5.41. The number of carbonyl (C=O) groups excluding carboxylic acids is 2. The van der Waals surface area contributed by atoms with E-state index in [0.717, 1.165) is 56.5 Å². The monoisotopic (exact) mass is 471 g/mol. The number of ether oxygens (including phenoxy) is 1. The summed E-state index contributed by atoms with van der Waals surface area (Å²) in [6, 6.07) is 26.0. The van der Waals surface area contributed by atoms with Crippen LogP contribution in [0.1, 0.15) is 45.5 Å². The van der Waals surface area contributed by atoms with Crippen LogP contribution in [-0.4, -0.2) is 23.8 Å². The molecule has 0 bridgehead atoms. The summed E-state index contributed by atoms with van der Waals surface area (Å²) in [7, 11) is 1.39. The molecule has 1 N–H and O–H groups in total. The summed E-state index contributed by atoms with van der Waals surface area (Å²) in [5.74, 6) is -0.0389. The molecular weight excluding hydrogens is 446 g/mol. The minimum Gasteiger partial charge on any atom is -0.465 e. The molecule has 1 aromatic heterocycles. The molecule has 4 heteroatoms. The van der Waals surface area contributed by atoms with Crippen molar-refractivity contribution in [3.63, 3.8) is 0 Å². The number of H-pyrrole nitrogens is 1. The van der Waals surface area contributed by atoms with E-state index in [1.54, 1.807) is 6.07 Å². The minimum absolute atomic E-state index is 0.279. The third kappa shape index (κ3) is 3.62. The van der Waals surface area contributed by atoms with Crippen LogP contribution in [0.4, 0.5) is 0 Å². The summed E-state index contributed by atoms with van der Waals surface area (Å²) < 4.78 is 4.78. The van der Waals surface area contributed by atoms with E-state index in [1.807, 2.05) is 48.5 Å². The molecule has 0 saturated carbocycles. The number of Topliss-reactive ketones (excluding diaryl/α,β-unsaturated/α-hetero) is 1. The van der Waals surface area contributed by atoms with Gasteiger partial charge in [-0.05, 0) is 46.9 Å². The first-order chi connectivity index (χ1) is 17.7. The Morgan fingerprint density at radius 2 is 1.64 bits per heavy atom. The van der Waals surface area contributed by atoms with Crippen LogP contribution in [0.2, 0.25) is 0 Å². The number of allylic oxidation sites excluding steroid dienone is 4. The zero-order chi connectivity index (χ0) is 24.6. The van der Waals surface area contributed by atoms with Gasteiger partial charge in [-0.1, -0.05) is 84.5 Å². The van der Waals surface area contributed by atoms with Crippen LogP contribution < -0.4 is 0 Å². The van der Waals surface area contributed by atoms with Crippen LogP contribution >= 0.6 is 0 Å². The average molecular weight is 472 g/mol. The van der Waals surface area contributed by atoms with Crippen LogP contribution in [0, 0.1) is 0 Å². The van der Waals surface area contributed by atoms with Crippen molar-refractivity contribution in [3.8, 4) is 0 Å². The van der Waals surface area contributed by atoms with E-state index >= 15 is 0 Å². The molecule has 0 atom stereocenters. The molecule has 0 fully saturated rings. The Morgan fingerprint density at radius 3 is 2.50 bits per heavy atom. The first-order valence-corrected chi connectivity index (χ1v) is 12.2. The molecule has 36 heavy (non-hydrogen) atoms. The Labute approximate surface area is 208 Å². The molecule has 7 rings (SSSR count). The van der Waals surface area contributed by atoms with Crippen LogP contribution in [0.3, 0.4) is 0 Å². The Balaban J connectivity index is 0.000000134. The van der Waals surface area contributed by atoms with E-state index < -0.39 is 0 Å². The molecule has 0 saturated heterocycles. The maximum atomic E-state index is 12.5. The van der Waals surface area contributed by atoms with Gasteiger partial charge in [0.2, 0.25) is 0 Å². The number of aromatic nitrogens is 1. The number of aromatic amines is 1. The van der Waals surface area contributed by atoms with Gasteiger partial charge in [-0.2, -0.15) is 0 Å². The zero-order valence-corrected chi connectivity index (χ0v) is 20.0. The lowest BCUT2D eigenvalue weighted by Crippen LogP contribution is -2.13. The van der Waals surface area contributed by atoms with Crippen LogP contribution in [0.25, 0.3) is 38.2 Å². The molecule has 0 amide bonds. The van der Waals surface area contributed by atoms with Gasteiger partial charge in [-0.25, -0.2) is 4.79 Å². The number of nitrogens with one attached hydrogen (secondary N) is 1. The van der Waals surface area contributed by atoms with Gasteiger partial charge in [0.05, 0.1) is 18.2 Å². The van der Waals surface area contributed by atoms with Gasteiger partial charge in [-0.3, -0.25) is 4.79 Å². The number of hydrogen-bond donors (Lipinski definition) is 1. The number of benzene rings is 4. The lowest BCUT2D eigenvalue weighted by atomic mass is 9.79. The largest absolute Gasteiger partial charge is 0.465 e. The number of esters is 1. The number of rotatable bonds is 1. The predicted octanol–water partition coefficient (Wildman–Crippen LogP) is 7.64. The molecule has 176 valence electrons. The molecule has 0 unspecified atom stereocenters. The van der Waals surface area contributed by atoms with E-state index in [9.17, 15) is 9.59 Å². The van der Waals surface area contributed by atoms with Crippen molar-refractivity contribution in [1.29, 1.82) is 0 Å². The predicted molar refractivity (Wildman–Crippen MR) is 145 cm³/mol. The summed E-state index contributed by atoms with van der Waals surface area (Å²) in [6.07, 6.45) is 7.10. The fraction of sp³-hybridized carbons (Fsp3) is 0.125. The Bertz CT molecular complexity index is 1740. The lowest BCUT2D eigenvalue weighted by molar-refractivity contribution is 0.0602. The molecule has 0 spiro atoms. The standard InChI is InChI=1S/C18H14O.C14H11NO2/c19-17-11-13-6-2-3-7-14(13)16-10-9-12-5-1-4-8-15(12)18(16)17;1-17-14(16)11-7-4-6-10-9-5-2-3-8-12(9)15-13(10)11/h1,3-5,7-10H,2,6,11H2;2-8,15H,1H3. The maximum absolute atomic E-state index is 12.5.